The number of nitrogens with two attached hydrogens (primary N) is 1. The Labute approximate surface area is 124 Å². The fourth-order valence-corrected chi connectivity index (χ4v) is 2.90. The minimum Gasteiger partial charge on any atom is -0.454 e. The zero-order valence-electron chi connectivity index (χ0n) is 12.2. The van der Waals surface area contributed by atoms with E-state index in [1.54, 1.807) is 4.90 Å². The topological polar surface area (TPSA) is 76.8 Å². The number of benzene rings is 1. The molecule has 114 valence electrons. The van der Waals surface area contributed by atoms with Gasteiger partial charge in [-0.2, -0.15) is 0 Å². The second kappa shape index (κ2) is 5.81. The molecule has 1 aromatic carbocycles. The molecule has 6 nitrogen and oxygen atoms in total. The molecule has 3 rings (SSSR count). The highest BCUT2D eigenvalue weighted by Gasteiger charge is 2.23. The van der Waals surface area contributed by atoms with Gasteiger partial charge in [0.25, 0.3) is 0 Å². The molecule has 0 aliphatic carbocycles. The van der Waals surface area contributed by atoms with Crippen LogP contribution in [0.25, 0.3) is 0 Å². The fourth-order valence-electron chi connectivity index (χ4n) is 2.90. The van der Waals surface area contributed by atoms with E-state index in [-0.39, 0.29) is 12.1 Å². The van der Waals surface area contributed by atoms with Gasteiger partial charge in [-0.1, -0.05) is 6.07 Å². The van der Waals surface area contributed by atoms with Crippen LogP contribution in [0.1, 0.15) is 31.4 Å². The van der Waals surface area contributed by atoms with E-state index in [9.17, 15) is 4.79 Å². The summed E-state index contributed by atoms with van der Waals surface area (Å²) in [5, 5.41) is 3.61. The number of amides is 2. The van der Waals surface area contributed by atoms with Gasteiger partial charge < -0.3 is 25.4 Å². The zero-order chi connectivity index (χ0) is 14.8. The summed E-state index contributed by atoms with van der Waals surface area (Å²) in [6.07, 6.45) is 1.86. The molecule has 0 spiro atoms. The van der Waals surface area contributed by atoms with E-state index in [4.69, 9.17) is 15.2 Å². The number of hydrogen-bond donors (Lipinski definition) is 2. The number of primary amides is 1. The molecule has 2 amide bonds. The number of nitrogens with zero attached hydrogens (tertiary/aromatic N) is 1. The predicted molar refractivity (Wildman–Crippen MR) is 78.3 cm³/mol. The molecule has 21 heavy (non-hydrogen) atoms. The molecule has 6 heteroatoms. The summed E-state index contributed by atoms with van der Waals surface area (Å²) in [6, 6.07) is 6.34. The Balaban J connectivity index is 1.57. The van der Waals surface area contributed by atoms with Gasteiger partial charge in [0.1, 0.15) is 0 Å². The lowest BCUT2D eigenvalue weighted by atomic mass is 10.0. The number of likely N-dealkylation sites (tertiary alicyclic amines) is 1. The molecular formula is C15H21N3O3. The van der Waals surface area contributed by atoms with Gasteiger partial charge in [0.2, 0.25) is 6.79 Å². The van der Waals surface area contributed by atoms with E-state index in [1.165, 1.54) is 5.56 Å². The molecule has 1 aromatic rings. The maximum atomic E-state index is 11.1. The predicted octanol–water partition coefficient (Wildman–Crippen LogP) is 1.61. The van der Waals surface area contributed by atoms with Gasteiger partial charge in [-0.05, 0) is 37.5 Å². The van der Waals surface area contributed by atoms with Gasteiger partial charge in [0.15, 0.2) is 11.5 Å². The molecule has 1 atom stereocenters. The minimum atomic E-state index is -0.322. The minimum absolute atomic E-state index is 0.227. The second-order valence-electron chi connectivity index (χ2n) is 5.60. The van der Waals surface area contributed by atoms with Gasteiger partial charge in [-0.3, -0.25) is 0 Å². The summed E-state index contributed by atoms with van der Waals surface area (Å²) in [6.45, 7) is 3.88. The number of fused-ring (bicyclic) bond motifs is 1. The van der Waals surface area contributed by atoms with Crippen LogP contribution >= 0.6 is 0 Å². The number of ether oxygens (including phenoxy) is 2. The molecule has 1 fully saturated rings. The summed E-state index contributed by atoms with van der Waals surface area (Å²) in [7, 11) is 0. The van der Waals surface area contributed by atoms with Gasteiger partial charge in [0.05, 0.1) is 0 Å². The Hall–Kier alpha value is -1.95. The Morgan fingerprint density at radius 1 is 1.33 bits per heavy atom. The molecule has 2 aliphatic heterocycles. The zero-order valence-corrected chi connectivity index (χ0v) is 12.2. The van der Waals surface area contributed by atoms with Crippen molar-refractivity contribution < 1.29 is 14.3 Å². The number of hydrogen-bond acceptors (Lipinski definition) is 4. The molecule has 1 unspecified atom stereocenters. The normalized spacial score (nSPS) is 19.6. The number of carbonyl (C=O) groups excluding carboxylic acids is 1. The summed E-state index contributed by atoms with van der Waals surface area (Å²) < 4.78 is 10.7. The Morgan fingerprint density at radius 2 is 2.05 bits per heavy atom. The molecular weight excluding hydrogens is 270 g/mol. The van der Waals surface area contributed by atoms with Crippen LogP contribution in [0.15, 0.2) is 18.2 Å². The van der Waals surface area contributed by atoms with E-state index in [1.807, 2.05) is 12.1 Å². The van der Waals surface area contributed by atoms with Crippen molar-refractivity contribution in [3.8, 4) is 11.5 Å². The first kappa shape index (κ1) is 14.0. The van der Waals surface area contributed by atoms with Crippen molar-refractivity contribution in [3.63, 3.8) is 0 Å². The van der Waals surface area contributed by atoms with Crippen molar-refractivity contribution >= 4 is 6.03 Å². The van der Waals surface area contributed by atoms with Crippen molar-refractivity contribution in [1.82, 2.24) is 10.2 Å². The molecule has 0 saturated carbocycles. The van der Waals surface area contributed by atoms with Crippen molar-refractivity contribution in [2.45, 2.75) is 31.8 Å². The molecule has 2 aliphatic rings. The van der Waals surface area contributed by atoms with Crippen LogP contribution in [0.5, 0.6) is 11.5 Å². The van der Waals surface area contributed by atoms with Crippen molar-refractivity contribution in [2.24, 2.45) is 5.73 Å². The van der Waals surface area contributed by atoms with Crippen LogP contribution in [0, 0.1) is 0 Å². The number of piperidine rings is 1. The molecule has 0 radical (unpaired) electrons. The first-order valence-electron chi connectivity index (χ1n) is 7.33. The van der Waals surface area contributed by atoms with E-state index >= 15 is 0 Å². The largest absolute Gasteiger partial charge is 0.454 e. The van der Waals surface area contributed by atoms with Gasteiger partial charge in [0, 0.05) is 25.2 Å². The van der Waals surface area contributed by atoms with Crippen molar-refractivity contribution in [2.75, 3.05) is 19.9 Å². The molecule has 2 heterocycles. The SMILES string of the molecule is CC(NC1CCN(C(N)=O)CC1)c1ccc2c(c1)OCO2. The van der Waals surface area contributed by atoms with Gasteiger partial charge in [-0.25, -0.2) is 4.79 Å². The third-order valence-electron chi connectivity index (χ3n) is 4.19. The van der Waals surface area contributed by atoms with Gasteiger partial charge >= 0.3 is 6.03 Å². The highest BCUT2D eigenvalue weighted by atomic mass is 16.7. The lowest BCUT2D eigenvalue weighted by Gasteiger charge is -2.33. The summed E-state index contributed by atoms with van der Waals surface area (Å²) in [5.74, 6) is 1.62. The van der Waals surface area contributed by atoms with Crippen molar-refractivity contribution in [1.29, 1.82) is 0 Å². The van der Waals surface area contributed by atoms with Crippen LogP contribution in [0.3, 0.4) is 0 Å². The van der Waals surface area contributed by atoms with Crippen LogP contribution in [0.2, 0.25) is 0 Å². The van der Waals surface area contributed by atoms with E-state index in [0.717, 1.165) is 37.4 Å². The summed E-state index contributed by atoms with van der Waals surface area (Å²) >= 11 is 0. The Morgan fingerprint density at radius 3 is 2.76 bits per heavy atom. The second-order valence-corrected chi connectivity index (χ2v) is 5.60. The molecule has 0 bridgehead atoms. The lowest BCUT2D eigenvalue weighted by Crippen LogP contribution is -2.47. The molecule has 0 aromatic heterocycles. The Kier molecular flexibility index (Phi) is 3.88. The Bertz CT molecular complexity index is 527. The van der Waals surface area contributed by atoms with E-state index < -0.39 is 0 Å². The summed E-state index contributed by atoms with van der Waals surface area (Å²) in [5.41, 5.74) is 6.48. The highest BCUT2D eigenvalue weighted by Crippen LogP contribution is 2.34. The third-order valence-corrected chi connectivity index (χ3v) is 4.19. The third kappa shape index (κ3) is 3.05. The quantitative estimate of drug-likeness (QED) is 0.887. The van der Waals surface area contributed by atoms with Crippen molar-refractivity contribution in [3.05, 3.63) is 23.8 Å². The standard InChI is InChI=1S/C15H21N3O3/c1-10(11-2-3-13-14(8-11)21-9-20-13)17-12-4-6-18(7-5-12)15(16)19/h2-3,8,10,12,17H,4-7,9H2,1H3,(H2,16,19). The van der Waals surface area contributed by atoms with Crippen LogP contribution in [-0.4, -0.2) is 36.9 Å². The lowest BCUT2D eigenvalue weighted by molar-refractivity contribution is 0.173. The number of carbonyl (C=O) groups is 1. The maximum absolute atomic E-state index is 11.1. The molecule has 3 N–H and O–H groups in total. The smallest absolute Gasteiger partial charge is 0.314 e. The number of urea groups is 1. The van der Waals surface area contributed by atoms with Crippen LogP contribution in [0.4, 0.5) is 4.79 Å². The van der Waals surface area contributed by atoms with Gasteiger partial charge in [-0.15, -0.1) is 0 Å². The van der Waals surface area contributed by atoms with E-state index in [0.29, 0.717) is 12.8 Å². The molecule has 1 saturated heterocycles. The monoisotopic (exact) mass is 291 g/mol. The summed E-state index contributed by atoms with van der Waals surface area (Å²) in [4.78, 5) is 12.8. The number of nitrogens with one attached hydrogen (secondary N) is 1. The maximum Gasteiger partial charge on any atom is 0.314 e. The van der Waals surface area contributed by atoms with Crippen LogP contribution < -0.4 is 20.5 Å². The fraction of sp³-hybridized carbons (Fsp3) is 0.533. The number of rotatable bonds is 3. The van der Waals surface area contributed by atoms with Crippen LogP contribution in [-0.2, 0) is 0 Å². The average molecular weight is 291 g/mol. The highest BCUT2D eigenvalue weighted by molar-refractivity contribution is 5.72. The average Bonchev–Trinajstić information content (AvgIpc) is 2.95. The first-order valence-corrected chi connectivity index (χ1v) is 7.33. The van der Waals surface area contributed by atoms with E-state index in [2.05, 4.69) is 18.3 Å². The first-order chi connectivity index (χ1) is 10.1.